The molecule has 0 aliphatic rings. The average molecular weight is 265 g/mol. The number of halogens is 1. The van der Waals surface area contributed by atoms with E-state index >= 15 is 0 Å². The normalized spacial score (nSPS) is 13.4. The fourth-order valence-electron chi connectivity index (χ4n) is 1.74. The van der Waals surface area contributed by atoms with E-state index in [-0.39, 0.29) is 11.9 Å². The second-order valence-electron chi connectivity index (χ2n) is 4.53. The van der Waals surface area contributed by atoms with Gasteiger partial charge in [0.25, 0.3) is 0 Å². The lowest BCUT2D eigenvalue weighted by molar-refractivity contribution is -0.132. The van der Waals surface area contributed by atoms with Crippen molar-refractivity contribution in [3.63, 3.8) is 0 Å². The summed E-state index contributed by atoms with van der Waals surface area (Å²) in [4.78, 5) is 10.8. The standard InChI is InChI=1S/C15H20FNO2/c1-4-12(15(18)19)7-8-17-11(3)13-6-5-10(2)14(16)9-13/h5-7,9,11,17H,4,8H2,1-3H3,(H,18,19)/b12-7-. The number of aliphatic carboxylic acids is 1. The second kappa shape index (κ2) is 7.04. The Morgan fingerprint density at radius 1 is 1.53 bits per heavy atom. The van der Waals surface area contributed by atoms with Gasteiger partial charge in [0.15, 0.2) is 0 Å². The molecule has 1 aromatic carbocycles. The molecule has 0 saturated carbocycles. The summed E-state index contributed by atoms with van der Waals surface area (Å²) in [7, 11) is 0. The molecule has 1 rings (SSSR count). The highest BCUT2D eigenvalue weighted by molar-refractivity contribution is 5.86. The lowest BCUT2D eigenvalue weighted by Crippen LogP contribution is -2.19. The Morgan fingerprint density at radius 3 is 2.74 bits per heavy atom. The quantitative estimate of drug-likeness (QED) is 0.776. The van der Waals surface area contributed by atoms with Crippen LogP contribution >= 0.6 is 0 Å². The van der Waals surface area contributed by atoms with Crippen LogP contribution < -0.4 is 5.32 Å². The SMILES string of the molecule is CC/C(=C/CNC(C)c1ccc(C)c(F)c1)C(=O)O. The van der Waals surface area contributed by atoms with Crippen LogP contribution in [0.3, 0.4) is 0 Å². The van der Waals surface area contributed by atoms with Gasteiger partial charge < -0.3 is 10.4 Å². The van der Waals surface area contributed by atoms with E-state index in [1.54, 1.807) is 26.0 Å². The number of hydrogen-bond acceptors (Lipinski definition) is 2. The Morgan fingerprint density at radius 2 is 2.21 bits per heavy atom. The molecule has 0 heterocycles. The molecule has 0 bridgehead atoms. The average Bonchev–Trinajstić information content (AvgIpc) is 2.37. The van der Waals surface area contributed by atoms with Crippen LogP contribution in [0.4, 0.5) is 4.39 Å². The molecule has 0 fully saturated rings. The molecule has 0 spiro atoms. The molecule has 1 aromatic rings. The summed E-state index contributed by atoms with van der Waals surface area (Å²) < 4.78 is 13.4. The van der Waals surface area contributed by atoms with Gasteiger partial charge >= 0.3 is 5.97 Å². The Bertz CT molecular complexity index is 483. The highest BCUT2D eigenvalue weighted by atomic mass is 19.1. The maximum absolute atomic E-state index is 13.4. The highest BCUT2D eigenvalue weighted by Gasteiger charge is 2.07. The molecule has 1 unspecified atom stereocenters. The van der Waals surface area contributed by atoms with E-state index in [0.717, 1.165) is 5.56 Å². The Kier molecular flexibility index (Phi) is 5.70. The van der Waals surface area contributed by atoms with E-state index in [4.69, 9.17) is 5.11 Å². The summed E-state index contributed by atoms with van der Waals surface area (Å²) in [6, 6.07) is 5.10. The van der Waals surface area contributed by atoms with Crippen molar-refractivity contribution in [3.8, 4) is 0 Å². The maximum atomic E-state index is 13.4. The van der Waals surface area contributed by atoms with Crippen LogP contribution in [0.2, 0.25) is 0 Å². The third-order valence-corrected chi connectivity index (χ3v) is 3.12. The number of rotatable bonds is 6. The minimum absolute atomic E-state index is 0.0294. The van der Waals surface area contributed by atoms with Crippen LogP contribution in [0, 0.1) is 12.7 Å². The van der Waals surface area contributed by atoms with Gasteiger partial charge in [-0.05, 0) is 37.5 Å². The molecule has 2 N–H and O–H groups in total. The van der Waals surface area contributed by atoms with Crippen molar-refractivity contribution in [1.29, 1.82) is 0 Å². The molecule has 0 aliphatic heterocycles. The zero-order chi connectivity index (χ0) is 14.4. The van der Waals surface area contributed by atoms with Gasteiger partial charge in [-0.3, -0.25) is 0 Å². The summed E-state index contributed by atoms with van der Waals surface area (Å²) in [6.45, 7) is 5.90. The third-order valence-electron chi connectivity index (χ3n) is 3.12. The van der Waals surface area contributed by atoms with Crippen molar-refractivity contribution in [2.75, 3.05) is 6.54 Å². The number of hydrogen-bond donors (Lipinski definition) is 2. The lowest BCUT2D eigenvalue weighted by atomic mass is 10.1. The summed E-state index contributed by atoms with van der Waals surface area (Å²) in [5.74, 6) is -1.11. The van der Waals surface area contributed by atoms with E-state index in [2.05, 4.69) is 5.32 Å². The number of carbonyl (C=O) groups is 1. The van der Waals surface area contributed by atoms with Crippen molar-refractivity contribution in [1.82, 2.24) is 5.32 Å². The predicted molar refractivity (Wildman–Crippen MR) is 73.6 cm³/mol. The fraction of sp³-hybridized carbons (Fsp3) is 0.400. The molecule has 0 radical (unpaired) electrons. The fourth-order valence-corrected chi connectivity index (χ4v) is 1.74. The van der Waals surface area contributed by atoms with Gasteiger partial charge in [0.2, 0.25) is 0 Å². The van der Waals surface area contributed by atoms with E-state index in [0.29, 0.717) is 24.1 Å². The van der Waals surface area contributed by atoms with Gasteiger partial charge in [-0.15, -0.1) is 0 Å². The molecule has 1 atom stereocenters. The molecule has 4 heteroatoms. The Labute approximate surface area is 113 Å². The van der Waals surface area contributed by atoms with Crippen molar-refractivity contribution in [2.45, 2.75) is 33.2 Å². The van der Waals surface area contributed by atoms with Gasteiger partial charge in [-0.2, -0.15) is 0 Å². The molecule has 0 saturated heterocycles. The monoisotopic (exact) mass is 265 g/mol. The zero-order valence-electron chi connectivity index (χ0n) is 11.5. The summed E-state index contributed by atoms with van der Waals surface area (Å²) in [5, 5.41) is 12.0. The van der Waals surface area contributed by atoms with Crippen LogP contribution in [-0.2, 0) is 4.79 Å². The van der Waals surface area contributed by atoms with Crippen LogP contribution in [0.15, 0.2) is 29.8 Å². The Balaban J connectivity index is 2.62. The van der Waals surface area contributed by atoms with Gasteiger partial charge in [-0.25, -0.2) is 9.18 Å². The Hall–Kier alpha value is -1.68. The second-order valence-corrected chi connectivity index (χ2v) is 4.53. The van der Waals surface area contributed by atoms with Crippen molar-refractivity contribution in [3.05, 3.63) is 46.8 Å². The van der Waals surface area contributed by atoms with Crippen molar-refractivity contribution in [2.24, 2.45) is 0 Å². The van der Waals surface area contributed by atoms with Gasteiger partial charge in [0.1, 0.15) is 5.82 Å². The summed E-state index contributed by atoms with van der Waals surface area (Å²) in [6.07, 6.45) is 2.15. The molecule has 19 heavy (non-hydrogen) atoms. The minimum Gasteiger partial charge on any atom is -0.478 e. The number of aryl methyl sites for hydroxylation is 1. The molecule has 0 aromatic heterocycles. The van der Waals surface area contributed by atoms with E-state index < -0.39 is 5.97 Å². The van der Waals surface area contributed by atoms with E-state index in [9.17, 15) is 9.18 Å². The van der Waals surface area contributed by atoms with E-state index in [1.165, 1.54) is 6.07 Å². The van der Waals surface area contributed by atoms with Crippen LogP contribution in [0.1, 0.15) is 37.4 Å². The van der Waals surface area contributed by atoms with E-state index in [1.807, 2.05) is 13.0 Å². The molecule has 0 amide bonds. The van der Waals surface area contributed by atoms with Crippen LogP contribution in [0.5, 0.6) is 0 Å². The first-order chi connectivity index (χ1) is 8.95. The van der Waals surface area contributed by atoms with Gasteiger partial charge in [0.05, 0.1) is 0 Å². The topological polar surface area (TPSA) is 49.3 Å². The van der Waals surface area contributed by atoms with Crippen molar-refractivity contribution < 1.29 is 14.3 Å². The third kappa shape index (κ3) is 4.48. The smallest absolute Gasteiger partial charge is 0.331 e. The van der Waals surface area contributed by atoms with Crippen LogP contribution in [-0.4, -0.2) is 17.6 Å². The molecular formula is C15H20FNO2. The zero-order valence-corrected chi connectivity index (χ0v) is 11.5. The number of carboxylic acids is 1. The van der Waals surface area contributed by atoms with Gasteiger partial charge in [0, 0.05) is 18.2 Å². The largest absolute Gasteiger partial charge is 0.478 e. The molecule has 104 valence electrons. The molecule has 0 aliphatic carbocycles. The molecule has 3 nitrogen and oxygen atoms in total. The molecular weight excluding hydrogens is 245 g/mol. The van der Waals surface area contributed by atoms with Crippen molar-refractivity contribution >= 4 is 5.97 Å². The lowest BCUT2D eigenvalue weighted by Gasteiger charge is -2.13. The summed E-state index contributed by atoms with van der Waals surface area (Å²) >= 11 is 0. The first-order valence-corrected chi connectivity index (χ1v) is 6.37. The number of carboxylic acid groups (broad SMARTS) is 1. The summed E-state index contributed by atoms with van der Waals surface area (Å²) in [5.41, 5.74) is 1.86. The minimum atomic E-state index is -0.890. The van der Waals surface area contributed by atoms with Gasteiger partial charge in [-0.1, -0.05) is 25.1 Å². The first-order valence-electron chi connectivity index (χ1n) is 6.37. The van der Waals surface area contributed by atoms with Crippen LogP contribution in [0.25, 0.3) is 0 Å². The first kappa shape index (κ1) is 15.4. The maximum Gasteiger partial charge on any atom is 0.331 e. The highest BCUT2D eigenvalue weighted by Crippen LogP contribution is 2.16. The number of benzene rings is 1. The predicted octanol–water partition coefficient (Wildman–Crippen LogP) is 3.21. The number of nitrogens with one attached hydrogen (secondary N) is 1.